The summed E-state index contributed by atoms with van der Waals surface area (Å²) < 4.78 is 0. The minimum absolute atomic E-state index is 0.0596. The molecule has 1 N–H and O–H groups in total. The van der Waals surface area contributed by atoms with E-state index >= 15 is 0 Å². The van der Waals surface area contributed by atoms with Crippen molar-refractivity contribution in [2.75, 3.05) is 0 Å². The van der Waals surface area contributed by atoms with Gasteiger partial charge in [0, 0.05) is 12.8 Å². The van der Waals surface area contributed by atoms with Gasteiger partial charge in [0.15, 0.2) is 0 Å². The third kappa shape index (κ3) is 2.30. The Kier molecular flexibility index (Phi) is 3.04. The highest BCUT2D eigenvalue weighted by atomic mass is 16.3. The first-order chi connectivity index (χ1) is 7.66. The van der Waals surface area contributed by atoms with E-state index < -0.39 is 5.92 Å². The molecule has 2 rings (SSSR count). The summed E-state index contributed by atoms with van der Waals surface area (Å²) in [5.74, 6) is -0.142. The predicted octanol–water partition coefficient (Wildman–Crippen LogP) is 1.87. The highest BCUT2D eigenvalue weighted by Gasteiger charge is 2.29. The number of Topliss-reactive ketones (excluding diaryl/α,β-unsaturated/α-hetero) is 2. The van der Waals surface area contributed by atoms with Crippen LogP contribution in [-0.4, -0.2) is 16.7 Å². The third-order valence-corrected chi connectivity index (χ3v) is 3.00. The molecule has 1 aliphatic carbocycles. The number of phenolic OH excluding ortho intramolecular Hbond substituents is 1. The molecule has 1 aromatic rings. The van der Waals surface area contributed by atoms with E-state index in [0.29, 0.717) is 25.7 Å². The maximum absolute atomic E-state index is 11.6. The Bertz CT molecular complexity index is 390. The van der Waals surface area contributed by atoms with Gasteiger partial charge in [0.25, 0.3) is 0 Å². The van der Waals surface area contributed by atoms with Crippen molar-refractivity contribution in [1.29, 1.82) is 0 Å². The second-order valence-electron chi connectivity index (χ2n) is 4.21. The van der Waals surface area contributed by atoms with Crippen molar-refractivity contribution in [3.8, 4) is 5.75 Å². The molecule has 0 aromatic heterocycles. The lowest BCUT2D eigenvalue weighted by molar-refractivity contribution is -0.135. The minimum Gasteiger partial charge on any atom is -0.508 e. The number of phenols is 1. The fraction of sp³-hybridized carbons (Fsp3) is 0.385. The molecule has 3 heteroatoms. The number of hydrogen-bond donors (Lipinski definition) is 1. The summed E-state index contributed by atoms with van der Waals surface area (Å²) in [5.41, 5.74) is 0.923. The average molecular weight is 218 g/mol. The van der Waals surface area contributed by atoms with Crippen molar-refractivity contribution >= 4 is 11.6 Å². The first-order valence-electron chi connectivity index (χ1n) is 5.50. The van der Waals surface area contributed by atoms with E-state index in [1.807, 2.05) is 0 Å². The van der Waals surface area contributed by atoms with Crippen LogP contribution in [0.1, 0.15) is 24.8 Å². The molecule has 0 radical (unpaired) electrons. The Morgan fingerprint density at radius 1 is 1.06 bits per heavy atom. The molecule has 1 aromatic carbocycles. The van der Waals surface area contributed by atoms with Gasteiger partial charge in [0.2, 0.25) is 0 Å². The van der Waals surface area contributed by atoms with Crippen molar-refractivity contribution in [2.45, 2.75) is 25.7 Å². The molecular weight excluding hydrogens is 204 g/mol. The number of carbonyl (C=O) groups excluding carboxylic acids is 2. The highest BCUT2D eigenvalue weighted by Crippen LogP contribution is 2.22. The number of benzene rings is 1. The molecule has 0 saturated heterocycles. The van der Waals surface area contributed by atoms with Gasteiger partial charge in [-0.2, -0.15) is 0 Å². The van der Waals surface area contributed by atoms with E-state index in [1.165, 1.54) is 0 Å². The van der Waals surface area contributed by atoms with Crippen molar-refractivity contribution in [3.63, 3.8) is 0 Å². The molecule has 3 nitrogen and oxygen atoms in total. The quantitative estimate of drug-likeness (QED) is 0.771. The minimum atomic E-state index is -0.460. The predicted molar refractivity (Wildman–Crippen MR) is 59.2 cm³/mol. The van der Waals surface area contributed by atoms with E-state index in [0.717, 1.165) is 5.56 Å². The van der Waals surface area contributed by atoms with Crippen LogP contribution in [0.2, 0.25) is 0 Å². The van der Waals surface area contributed by atoms with Crippen LogP contribution in [0, 0.1) is 5.92 Å². The standard InChI is InChI=1S/C13H14O3/c14-10-6-4-9(5-7-10)8-11-12(15)2-1-3-13(11)16/h4-7,11,14H,1-3,8H2. The summed E-state index contributed by atoms with van der Waals surface area (Å²) in [7, 11) is 0. The number of rotatable bonds is 2. The first-order valence-corrected chi connectivity index (χ1v) is 5.50. The van der Waals surface area contributed by atoms with Crippen LogP contribution in [0.3, 0.4) is 0 Å². The Labute approximate surface area is 94.1 Å². The Balaban J connectivity index is 2.10. The molecular formula is C13H14O3. The van der Waals surface area contributed by atoms with Crippen LogP contribution in [0.15, 0.2) is 24.3 Å². The molecule has 0 atom stereocenters. The van der Waals surface area contributed by atoms with Crippen LogP contribution < -0.4 is 0 Å². The van der Waals surface area contributed by atoms with Gasteiger partial charge in [-0.25, -0.2) is 0 Å². The zero-order valence-electron chi connectivity index (χ0n) is 8.98. The topological polar surface area (TPSA) is 54.4 Å². The van der Waals surface area contributed by atoms with Gasteiger partial charge in [-0.15, -0.1) is 0 Å². The zero-order chi connectivity index (χ0) is 11.5. The molecule has 1 fully saturated rings. The van der Waals surface area contributed by atoms with Crippen LogP contribution >= 0.6 is 0 Å². The number of aromatic hydroxyl groups is 1. The summed E-state index contributed by atoms with van der Waals surface area (Å²) in [4.78, 5) is 23.2. The molecule has 1 saturated carbocycles. The molecule has 84 valence electrons. The van der Waals surface area contributed by atoms with Gasteiger partial charge >= 0.3 is 0 Å². The van der Waals surface area contributed by atoms with E-state index in [4.69, 9.17) is 5.11 Å². The number of carbonyl (C=O) groups is 2. The molecule has 16 heavy (non-hydrogen) atoms. The Morgan fingerprint density at radius 2 is 1.62 bits per heavy atom. The lowest BCUT2D eigenvalue weighted by Crippen LogP contribution is -2.30. The van der Waals surface area contributed by atoms with Gasteiger partial charge in [0.1, 0.15) is 17.3 Å². The van der Waals surface area contributed by atoms with Crippen molar-refractivity contribution in [1.82, 2.24) is 0 Å². The molecule has 0 unspecified atom stereocenters. The lowest BCUT2D eigenvalue weighted by atomic mass is 9.82. The fourth-order valence-electron chi connectivity index (χ4n) is 2.06. The summed E-state index contributed by atoms with van der Waals surface area (Å²) in [5, 5.41) is 9.13. The van der Waals surface area contributed by atoms with Gasteiger partial charge in [-0.1, -0.05) is 12.1 Å². The zero-order valence-corrected chi connectivity index (χ0v) is 8.98. The molecule has 0 aliphatic heterocycles. The van der Waals surface area contributed by atoms with E-state index in [2.05, 4.69) is 0 Å². The molecule has 0 bridgehead atoms. The third-order valence-electron chi connectivity index (χ3n) is 3.00. The van der Waals surface area contributed by atoms with Crippen LogP contribution in [-0.2, 0) is 16.0 Å². The smallest absolute Gasteiger partial charge is 0.143 e. The summed E-state index contributed by atoms with van der Waals surface area (Å²) in [6.45, 7) is 0. The molecule has 1 aliphatic rings. The van der Waals surface area contributed by atoms with Gasteiger partial charge < -0.3 is 5.11 Å². The Morgan fingerprint density at radius 3 is 2.19 bits per heavy atom. The van der Waals surface area contributed by atoms with Gasteiger partial charge in [-0.05, 0) is 30.5 Å². The van der Waals surface area contributed by atoms with E-state index in [9.17, 15) is 9.59 Å². The summed E-state index contributed by atoms with van der Waals surface area (Å²) in [6.07, 6.45) is 2.21. The molecule has 0 heterocycles. The summed E-state index contributed by atoms with van der Waals surface area (Å²) in [6, 6.07) is 6.66. The SMILES string of the molecule is O=C1CCCC(=O)C1Cc1ccc(O)cc1. The van der Waals surface area contributed by atoms with Crippen molar-refractivity contribution in [2.24, 2.45) is 5.92 Å². The second-order valence-corrected chi connectivity index (χ2v) is 4.21. The van der Waals surface area contributed by atoms with Gasteiger partial charge in [-0.3, -0.25) is 9.59 Å². The lowest BCUT2D eigenvalue weighted by Gasteiger charge is -2.19. The normalized spacial score (nSPS) is 17.8. The first kappa shape index (κ1) is 10.9. The monoisotopic (exact) mass is 218 g/mol. The maximum atomic E-state index is 11.6. The summed E-state index contributed by atoms with van der Waals surface area (Å²) >= 11 is 0. The Hall–Kier alpha value is -1.64. The largest absolute Gasteiger partial charge is 0.508 e. The molecule has 0 spiro atoms. The van der Waals surface area contributed by atoms with Crippen LogP contribution in [0.5, 0.6) is 5.75 Å². The van der Waals surface area contributed by atoms with Crippen molar-refractivity contribution in [3.05, 3.63) is 29.8 Å². The van der Waals surface area contributed by atoms with Crippen molar-refractivity contribution < 1.29 is 14.7 Å². The van der Waals surface area contributed by atoms with E-state index in [-0.39, 0.29) is 17.3 Å². The number of ketones is 2. The molecule has 0 amide bonds. The number of hydrogen-bond acceptors (Lipinski definition) is 3. The maximum Gasteiger partial charge on any atom is 0.143 e. The second kappa shape index (κ2) is 4.47. The van der Waals surface area contributed by atoms with Gasteiger partial charge in [0.05, 0.1) is 5.92 Å². The van der Waals surface area contributed by atoms with Crippen LogP contribution in [0.4, 0.5) is 0 Å². The highest BCUT2D eigenvalue weighted by molar-refractivity contribution is 6.04. The fourth-order valence-corrected chi connectivity index (χ4v) is 2.06. The average Bonchev–Trinajstić information content (AvgIpc) is 2.26. The van der Waals surface area contributed by atoms with E-state index in [1.54, 1.807) is 24.3 Å². The van der Waals surface area contributed by atoms with Crippen LogP contribution in [0.25, 0.3) is 0 Å².